The van der Waals surface area contributed by atoms with E-state index in [2.05, 4.69) is 0 Å². The second kappa shape index (κ2) is 4.99. The molecule has 0 aliphatic rings. The average Bonchev–Trinajstić information content (AvgIpc) is 2.20. The number of rotatable bonds is 3. The van der Waals surface area contributed by atoms with Gasteiger partial charge in [0, 0.05) is 24.8 Å². The minimum atomic E-state index is -0.531. The zero-order valence-corrected chi connectivity index (χ0v) is 9.90. The van der Waals surface area contributed by atoms with E-state index in [1.807, 2.05) is 13.0 Å². The molecule has 4 nitrogen and oxygen atoms in total. The zero-order chi connectivity index (χ0) is 12.3. The van der Waals surface area contributed by atoms with Crippen LogP contribution in [0.3, 0.4) is 0 Å². The van der Waals surface area contributed by atoms with E-state index >= 15 is 0 Å². The number of carbonyl (C=O) groups excluding carboxylic acids is 1. The number of nitrogens with two attached hydrogens (primary N) is 1. The Morgan fingerprint density at radius 3 is 2.69 bits per heavy atom. The maximum absolute atomic E-state index is 11.9. The van der Waals surface area contributed by atoms with Crippen molar-refractivity contribution >= 4 is 11.6 Å². The molecule has 0 saturated heterocycles. The SMILES string of the molecule is Cc1ccc(C(=O)N(C)CC(C)O)cc1N. The van der Waals surface area contributed by atoms with Crippen molar-refractivity contribution in [1.82, 2.24) is 4.90 Å². The fourth-order valence-electron chi connectivity index (χ4n) is 1.47. The van der Waals surface area contributed by atoms with Crippen LogP contribution in [-0.2, 0) is 0 Å². The molecule has 0 fully saturated rings. The number of nitrogen functional groups attached to an aromatic ring is 1. The van der Waals surface area contributed by atoms with Gasteiger partial charge in [-0.3, -0.25) is 4.79 Å². The highest BCUT2D eigenvalue weighted by atomic mass is 16.3. The normalized spacial score (nSPS) is 12.2. The summed E-state index contributed by atoms with van der Waals surface area (Å²) in [4.78, 5) is 13.4. The molecule has 0 heterocycles. The molecule has 16 heavy (non-hydrogen) atoms. The quantitative estimate of drug-likeness (QED) is 0.751. The number of amides is 1. The average molecular weight is 222 g/mol. The lowest BCUT2D eigenvalue weighted by Crippen LogP contribution is -2.33. The molecule has 0 aromatic heterocycles. The summed E-state index contributed by atoms with van der Waals surface area (Å²) >= 11 is 0. The van der Waals surface area contributed by atoms with E-state index in [1.54, 1.807) is 26.1 Å². The molecule has 0 radical (unpaired) electrons. The highest BCUT2D eigenvalue weighted by molar-refractivity contribution is 5.95. The van der Waals surface area contributed by atoms with Gasteiger partial charge in [-0.25, -0.2) is 0 Å². The van der Waals surface area contributed by atoms with Gasteiger partial charge in [-0.05, 0) is 31.5 Å². The number of carbonyl (C=O) groups is 1. The molecule has 0 spiro atoms. The summed E-state index contributed by atoms with van der Waals surface area (Å²) < 4.78 is 0. The molecule has 4 heteroatoms. The monoisotopic (exact) mass is 222 g/mol. The first kappa shape index (κ1) is 12.5. The molecule has 1 aromatic carbocycles. The fraction of sp³-hybridized carbons (Fsp3) is 0.417. The van der Waals surface area contributed by atoms with Crippen LogP contribution in [0.4, 0.5) is 5.69 Å². The van der Waals surface area contributed by atoms with Crippen LogP contribution < -0.4 is 5.73 Å². The summed E-state index contributed by atoms with van der Waals surface area (Å²) in [5.41, 5.74) is 7.85. The van der Waals surface area contributed by atoms with Gasteiger partial charge in [0.1, 0.15) is 0 Å². The third-order valence-electron chi connectivity index (χ3n) is 2.41. The van der Waals surface area contributed by atoms with E-state index in [0.717, 1.165) is 5.56 Å². The first-order valence-corrected chi connectivity index (χ1v) is 5.21. The molecule has 1 aromatic rings. The second-order valence-corrected chi connectivity index (χ2v) is 4.11. The lowest BCUT2D eigenvalue weighted by Gasteiger charge is -2.19. The first-order chi connectivity index (χ1) is 7.41. The van der Waals surface area contributed by atoms with E-state index in [1.165, 1.54) is 4.90 Å². The summed E-state index contributed by atoms with van der Waals surface area (Å²) in [5.74, 6) is -0.132. The Bertz CT molecular complexity index is 389. The van der Waals surface area contributed by atoms with Crippen LogP contribution >= 0.6 is 0 Å². The number of aliphatic hydroxyl groups is 1. The lowest BCUT2D eigenvalue weighted by molar-refractivity contribution is 0.0704. The molecule has 0 saturated carbocycles. The Hall–Kier alpha value is -1.55. The Balaban J connectivity index is 2.84. The van der Waals surface area contributed by atoms with Crippen LogP contribution in [0.25, 0.3) is 0 Å². The largest absolute Gasteiger partial charge is 0.398 e. The van der Waals surface area contributed by atoms with E-state index < -0.39 is 6.10 Å². The molecule has 0 aliphatic heterocycles. The molecule has 3 N–H and O–H groups in total. The van der Waals surface area contributed by atoms with Crippen molar-refractivity contribution < 1.29 is 9.90 Å². The summed E-state index contributed by atoms with van der Waals surface area (Å²) in [7, 11) is 1.66. The van der Waals surface area contributed by atoms with E-state index in [4.69, 9.17) is 5.73 Å². The molecular weight excluding hydrogens is 204 g/mol. The molecule has 0 bridgehead atoms. The summed E-state index contributed by atoms with van der Waals surface area (Å²) in [6, 6.07) is 5.22. The number of benzene rings is 1. The zero-order valence-electron chi connectivity index (χ0n) is 9.90. The van der Waals surface area contributed by atoms with Gasteiger partial charge in [0.05, 0.1) is 6.10 Å². The van der Waals surface area contributed by atoms with Crippen LogP contribution in [0.5, 0.6) is 0 Å². The fourth-order valence-corrected chi connectivity index (χ4v) is 1.47. The Kier molecular flexibility index (Phi) is 3.90. The van der Waals surface area contributed by atoms with Crippen molar-refractivity contribution in [3.63, 3.8) is 0 Å². The van der Waals surface area contributed by atoms with Crippen molar-refractivity contribution in [2.75, 3.05) is 19.3 Å². The molecule has 1 rings (SSSR count). The third kappa shape index (κ3) is 2.97. The van der Waals surface area contributed by atoms with Crippen LogP contribution in [0.1, 0.15) is 22.8 Å². The first-order valence-electron chi connectivity index (χ1n) is 5.21. The minimum absolute atomic E-state index is 0.132. The summed E-state index contributed by atoms with van der Waals surface area (Å²) in [6.07, 6.45) is -0.531. The topological polar surface area (TPSA) is 66.6 Å². The predicted octanol–water partition coefficient (Wildman–Crippen LogP) is 1.03. The third-order valence-corrected chi connectivity index (χ3v) is 2.41. The molecule has 1 atom stereocenters. The smallest absolute Gasteiger partial charge is 0.253 e. The van der Waals surface area contributed by atoms with Crippen LogP contribution in [-0.4, -0.2) is 35.6 Å². The number of anilines is 1. The van der Waals surface area contributed by atoms with Crippen molar-refractivity contribution in [1.29, 1.82) is 0 Å². The van der Waals surface area contributed by atoms with Crippen molar-refractivity contribution in [2.24, 2.45) is 0 Å². The predicted molar refractivity (Wildman–Crippen MR) is 64.2 cm³/mol. The van der Waals surface area contributed by atoms with Crippen LogP contribution in [0, 0.1) is 6.92 Å². The van der Waals surface area contributed by atoms with Crippen molar-refractivity contribution in [3.8, 4) is 0 Å². The van der Waals surface area contributed by atoms with E-state index in [0.29, 0.717) is 17.8 Å². The molecule has 88 valence electrons. The lowest BCUT2D eigenvalue weighted by atomic mass is 10.1. The number of hydrogen-bond acceptors (Lipinski definition) is 3. The van der Waals surface area contributed by atoms with Gasteiger partial charge in [-0.1, -0.05) is 6.07 Å². The Morgan fingerprint density at radius 2 is 2.19 bits per heavy atom. The van der Waals surface area contributed by atoms with Crippen molar-refractivity contribution in [2.45, 2.75) is 20.0 Å². The van der Waals surface area contributed by atoms with Crippen LogP contribution in [0.2, 0.25) is 0 Å². The number of hydrogen-bond donors (Lipinski definition) is 2. The van der Waals surface area contributed by atoms with Crippen LogP contribution in [0.15, 0.2) is 18.2 Å². The van der Waals surface area contributed by atoms with Gasteiger partial charge in [-0.2, -0.15) is 0 Å². The summed E-state index contributed by atoms with van der Waals surface area (Å²) in [5, 5.41) is 9.20. The molecule has 0 aliphatic carbocycles. The van der Waals surface area contributed by atoms with Gasteiger partial charge in [-0.15, -0.1) is 0 Å². The number of nitrogens with zero attached hydrogens (tertiary/aromatic N) is 1. The Labute approximate surface area is 95.7 Å². The van der Waals surface area contributed by atoms with Crippen molar-refractivity contribution in [3.05, 3.63) is 29.3 Å². The highest BCUT2D eigenvalue weighted by Crippen LogP contribution is 2.14. The van der Waals surface area contributed by atoms with Gasteiger partial charge in [0.15, 0.2) is 0 Å². The van der Waals surface area contributed by atoms with Gasteiger partial charge in [0.25, 0.3) is 5.91 Å². The van der Waals surface area contributed by atoms with E-state index in [9.17, 15) is 9.90 Å². The molecule has 1 amide bonds. The number of aryl methyl sites for hydroxylation is 1. The van der Waals surface area contributed by atoms with Gasteiger partial charge < -0.3 is 15.7 Å². The number of aliphatic hydroxyl groups excluding tert-OH is 1. The standard InChI is InChI=1S/C12H18N2O2/c1-8-4-5-10(6-11(8)13)12(16)14(3)7-9(2)15/h4-6,9,15H,7,13H2,1-3H3. The number of likely N-dealkylation sites (N-methyl/N-ethyl adjacent to an activating group) is 1. The molecule has 1 unspecified atom stereocenters. The van der Waals surface area contributed by atoms with E-state index in [-0.39, 0.29) is 5.91 Å². The van der Waals surface area contributed by atoms with Gasteiger partial charge >= 0.3 is 0 Å². The Morgan fingerprint density at radius 1 is 1.56 bits per heavy atom. The molecular formula is C12H18N2O2. The summed E-state index contributed by atoms with van der Waals surface area (Å²) in [6.45, 7) is 3.85. The maximum atomic E-state index is 11.9. The maximum Gasteiger partial charge on any atom is 0.253 e. The van der Waals surface area contributed by atoms with Gasteiger partial charge in [0.2, 0.25) is 0 Å². The highest BCUT2D eigenvalue weighted by Gasteiger charge is 2.13. The minimum Gasteiger partial charge on any atom is -0.398 e. The second-order valence-electron chi connectivity index (χ2n) is 4.11.